The molecule has 0 bridgehead atoms. The van der Waals surface area contributed by atoms with E-state index in [4.69, 9.17) is 9.47 Å². The molecule has 0 aliphatic carbocycles. The van der Waals surface area contributed by atoms with Gasteiger partial charge in [0.1, 0.15) is 36.6 Å². The second-order valence-corrected chi connectivity index (χ2v) is 10.2. The molecule has 2 saturated heterocycles. The van der Waals surface area contributed by atoms with Crippen molar-refractivity contribution in [3.8, 4) is 0 Å². The zero-order valence-electron chi connectivity index (χ0n) is 16.8. The Bertz CT molecular complexity index is 1080. The van der Waals surface area contributed by atoms with Gasteiger partial charge in [-0.15, -0.1) is 0 Å². The van der Waals surface area contributed by atoms with Crippen LogP contribution in [0.3, 0.4) is 0 Å². The summed E-state index contributed by atoms with van der Waals surface area (Å²) >= 11 is 0. The summed E-state index contributed by atoms with van der Waals surface area (Å²) in [5, 5.41) is 48.8. The highest BCUT2D eigenvalue weighted by atomic mass is 31.3. The summed E-state index contributed by atoms with van der Waals surface area (Å²) in [5.41, 5.74) is -1.72. The third-order valence-electron chi connectivity index (χ3n) is 4.76. The number of aromatic amines is 1. The first-order valence-electron chi connectivity index (χ1n) is 9.39. The molecule has 194 valence electrons. The first kappa shape index (κ1) is 27.3. The SMILES string of the molecule is O=c1ccn(C2O[C@H](COP(=O)(O)OP(=O)(O)OC3OC[C@@H](O)[C@@H](O)[C@@H]3O)[C@H](O)[C@@H]2O)c(=O)[nH]1. The van der Waals surface area contributed by atoms with Crippen LogP contribution in [0.4, 0.5) is 0 Å². The van der Waals surface area contributed by atoms with E-state index in [2.05, 4.69) is 13.4 Å². The van der Waals surface area contributed by atoms with E-state index < -0.39 is 89.2 Å². The lowest BCUT2D eigenvalue weighted by atomic mass is 10.1. The lowest BCUT2D eigenvalue weighted by molar-refractivity contribution is -0.245. The Morgan fingerprint density at radius 3 is 2.35 bits per heavy atom. The van der Waals surface area contributed by atoms with Crippen LogP contribution in [0, 0.1) is 0 Å². The van der Waals surface area contributed by atoms with Gasteiger partial charge in [-0.3, -0.25) is 23.4 Å². The minimum atomic E-state index is -5.47. The van der Waals surface area contributed by atoms with Gasteiger partial charge in [0.05, 0.1) is 13.2 Å². The molecule has 0 aromatic carbocycles. The molecule has 0 spiro atoms. The van der Waals surface area contributed by atoms with E-state index in [-0.39, 0.29) is 0 Å². The van der Waals surface area contributed by atoms with Gasteiger partial charge in [0.15, 0.2) is 12.5 Å². The molecule has 2 aliphatic heterocycles. The summed E-state index contributed by atoms with van der Waals surface area (Å²) in [7, 11) is -10.9. The van der Waals surface area contributed by atoms with Crippen LogP contribution in [-0.4, -0.2) is 101 Å². The molecule has 1 aromatic rings. The van der Waals surface area contributed by atoms with E-state index in [1.165, 1.54) is 0 Å². The number of nitrogens with zero attached hydrogens (tertiary/aromatic N) is 1. The van der Waals surface area contributed by atoms with Crippen LogP contribution in [0.15, 0.2) is 21.9 Å². The number of H-pyrrole nitrogens is 1. The standard InChI is InChI=1S/C14H22N2O16P2/c17-5-3-28-13(11(22)8(5)19)31-34(26,27)32-33(24,25)29-4-6-9(20)10(21)12(30-6)16-2-1-7(18)15-14(16)23/h1-2,5-6,8-13,17,19-22H,3-4H2,(H,24,25)(H,26,27)(H,15,18,23)/t5-,6-,8-,9+,10+,11+,12?,13?/m1/s1. The smallest absolute Gasteiger partial charge is 0.388 e. The second kappa shape index (κ2) is 10.3. The number of hydrogen-bond donors (Lipinski definition) is 8. The highest BCUT2D eigenvalue weighted by Gasteiger charge is 2.47. The van der Waals surface area contributed by atoms with E-state index >= 15 is 0 Å². The zero-order chi connectivity index (χ0) is 25.4. The van der Waals surface area contributed by atoms with Gasteiger partial charge < -0.3 is 44.8 Å². The quantitative estimate of drug-likeness (QED) is 0.146. The van der Waals surface area contributed by atoms with Crippen molar-refractivity contribution < 1.29 is 67.3 Å². The van der Waals surface area contributed by atoms with Crippen LogP contribution >= 0.6 is 15.6 Å². The van der Waals surface area contributed by atoms with Crippen LogP contribution < -0.4 is 11.2 Å². The Morgan fingerprint density at radius 1 is 1.03 bits per heavy atom. The lowest BCUT2D eigenvalue weighted by Crippen LogP contribution is -2.53. The third kappa shape index (κ3) is 6.26. The number of ether oxygens (including phenoxy) is 2. The van der Waals surface area contributed by atoms with Gasteiger partial charge in [-0.05, 0) is 0 Å². The highest BCUT2D eigenvalue weighted by molar-refractivity contribution is 7.61. The van der Waals surface area contributed by atoms with Crippen molar-refractivity contribution in [2.45, 2.75) is 49.1 Å². The summed E-state index contributed by atoms with van der Waals surface area (Å²) in [6.07, 6.45) is -13.0. The summed E-state index contributed by atoms with van der Waals surface area (Å²) in [5.74, 6) is 0. The van der Waals surface area contributed by atoms with Crippen molar-refractivity contribution in [3.05, 3.63) is 33.1 Å². The van der Waals surface area contributed by atoms with Crippen LogP contribution in [0.1, 0.15) is 6.23 Å². The number of rotatable bonds is 8. The maximum Gasteiger partial charge on any atom is 0.483 e. The number of nitrogens with one attached hydrogen (secondary N) is 1. The average molecular weight is 536 g/mol. The summed E-state index contributed by atoms with van der Waals surface area (Å²) in [4.78, 5) is 44.3. The molecule has 34 heavy (non-hydrogen) atoms. The monoisotopic (exact) mass is 536 g/mol. The number of phosphoric ester groups is 2. The van der Waals surface area contributed by atoms with Crippen molar-refractivity contribution in [2.75, 3.05) is 13.2 Å². The number of aromatic nitrogens is 2. The summed E-state index contributed by atoms with van der Waals surface area (Å²) in [6, 6.07) is 0.939. The van der Waals surface area contributed by atoms with Crippen LogP contribution in [0.2, 0.25) is 0 Å². The average Bonchev–Trinajstić information content (AvgIpc) is 3.00. The molecule has 10 atom stereocenters. The zero-order valence-corrected chi connectivity index (χ0v) is 18.6. The predicted molar refractivity (Wildman–Crippen MR) is 103 cm³/mol. The topological polar surface area (TPSA) is 277 Å². The minimum absolute atomic E-state index is 0.602. The summed E-state index contributed by atoms with van der Waals surface area (Å²) in [6.45, 7) is -1.59. The Kier molecular flexibility index (Phi) is 8.28. The fraction of sp³-hybridized carbons (Fsp3) is 0.714. The van der Waals surface area contributed by atoms with Gasteiger partial charge in [0.2, 0.25) is 0 Å². The van der Waals surface area contributed by atoms with E-state index in [9.17, 15) is 54.0 Å². The van der Waals surface area contributed by atoms with Crippen LogP contribution in [0.5, 0.6) is 0 Å². The maximum atomic E-state index is 12.1. The van der Waals surface area contributed by atoms with Gasteiger partial charge in [0.25, 0.3) is 5.56 Å². The van der Waals surface area contributed by atoms with Gasteiger partial charge in [0, 0.05) is 12.3 Å². The van der Waals surface area contributed by atoms with Gasteiger partial charge >= 0.3 is 21.3 Å². The Hall–Kier alpha value is -1.34. The van der Waals surface area contributed by atoms with Gasteiger partial charge in [-0.25, -0.2) is 13.9 Å². The predicted octanol–water partition coefficient (Wildman–Crippen LogP) is -4.15. The first-order chi connectivity index (χ1) is 15.7. The largest absolute Gasteiger partial charge is 0.483 e. The van der Waals surface area contributed by atoms with Crippen molar-refractivity contribution >= 4 is 15.6 Å². The molecule has 2 aliphatic rings. The number of aliphatic hydroxyl groups excluding tert-OH is 5. The van der Waals surface area contributed by atoms with Crippen LogP contribution in [0.25, 0.3) is 0 Å². The normalized spacial score (nSPS) is 37.7. The Balaban J connectivity index is 1.59. The first-order valence-corrected chi connectivity index (χ1v) is 12.4. The van der Waals surface area contributed by atoms with E-state index in [1.807, 2.05) is 4.98 Å². The number of aliphatic hydroxyl groups is 5. The molecule has 1 aromatic heterocycles. The maximum absolute atomic E-state index is 12.1. The molecule has 2 fully saturated rings. The molecule has 3 rings (SSSR count). The van der Waals surface area contributed by atoms with E-state index in [0.29, 0.717) is 0 Å². The van der Waals surface area contributed by atoms with Crippen molar-refractivity contribution in [1.82, 2.24) is 9.55 Å². The second-order valence-electron chi connectivity index (χ2n) is 7.23. The van der Waals surface area contributed by atoms with E-state index in [1.54, 1.807) is 0 Å². The minimum Gasteiger partial charge on any atom is -0.388 e. The molecule has 8 N–H and O–H groups in total. The molecule has 0 radical (unpaired) electrons. The molecule has 0 saturated carbocycles. The molecule has 18 nitrogen and oxygen atoms in total. The molecule has 0 amide bonds. The van der Waals surface area contributed by atoms with E-state index in [0.717, 1.165) is 16.8 Å². The highest BCUT2D eigenvalue weighted by Crippen LogP contribution is 2.61. The van der Waals surface area contributed by atoms with Crippen molar-refractivity contribution in [3.63, 3.8) is 0 Å². The Morgan fingerprint density at radius 2 is 1.71 bits per heavy atom. The Labute approximate surface area is 188 Å². The van der Waals surface area contributed by atoms with Crippen LogP contribution in [-0.2, 0) is 32.0 Å². The molecule has 4 unspecified atom stereocenters. The molecule has 20 heteroatoms. The van der Waals surface area contributed by atoms with Gasteiger partial charge in [-0.1, -0.05) is 0 Å². The third-order valence-corrected chi connectivity index (χ3v) is 7.36. The number of hydrogen-bond acceptors (Lipinski definition) is 14. The lowest BCUT2D eigenvalue weighted by Gasteiger charge is -2.35. The fourth-order valence-corrected chi connectivity index (χ4v) is 5.24. The number of phosphoric acid groups is 2. The molecule has 3 heterocycles. The molecular weight excluding hydrogens is 514 g/mol. The fourth-order valence-electron chi connectivity index (χ4n) is 3.07. The summed E-state index contributed by atoms with van der Waals surface area (Å²) < 4.78 is 47.7. The van der Waals surface area contributed by atoms with Gasteiger partial charge in [-0.2, -0.15) is 4.31 Å². The van der Waals surface area contributed by atoms with Crippen molar-refractivity contribution in [1.29, 1.82) is 0 Å². The molecular formula is C14H22N2O16P2. The van der Waals surface area contributed by atoms with Crippen molar-refractivity contribution in [2.24, 2.45) is 0 Å².